The van der Waals surface area contributed by atoms with Gasteiger partial charge in [0.2, 0.25) is 0 Å². The molecule has 0 saturated carbocycles. The number of rotatable bonds is 4. The summed E-state index contributed by atoms with van der Waals surface area (Å²) in [6.45, 7) is 2.77. The number of nitrogens with zero attached hydrogens (tertiary/aromatic N) is 2. The Balaban J connectivity index is 2.68. The number of methoxy groups -OCH3 is 1. The van der Waals surface area contributed by atoms with Crippen LogP contribution >= 0.6 is 0 Å². The molecule has 0 saturated heterocycles. The summed E-state index contributed by atoms with van der Waals surface area (Å²) in [4.78, 5) is 6.29. The zero-order valence-corrected chi connectivity index (χ0v) is 8.90. The van der Waals surface area contributed by atoms with E-state index in [1.165, 1.54) is 0 Å². The van der Waals surface area contributed by atoms with E-state index in [0.717, 1.165) is 5.82 Å². The fourth-order valence-corrected chi connectivity index (χ4v) is 1.18. The summed E-state index contributed by atoms with van der Waals surface area (Å²) in [5.74, 6) is 0.906. The third-order valence-corrected chi connectivity index (χ3v) is 2.20. The van der Waals surface area contributed by atoms with E-state index < -0.39 is 0 Å². The summed E-state index contributed by atoms with van der Waals surface area (Å²) >= 11 is 0. The van der Waals surface area contributed by atoms with Gasteiger partial charge < -0.3 is 15.4 Å². The van der Waals surface area contributed by atoms with Crippen LogP contribution in [0.2, 0.25) is 0 Å². The first kappa shape index (κ1) is 10.8. The molecule has 0 aliphatic rings. The van der Waals surface area contributed by atoms with Gasteiger partial charge in [0, 0.05) is 14.2 Å². The second-order valence-electron chi connectivity index (χ2n) is 3.36. The number of aromatic nitrogens is 1. The first-order valence-electron chi connectivity index (χ1n) is 4.58. The first-order chi connectivity index (χ1) is 6.65. The van der Waals surface area contributed by atoms with Gasteiger partial charge in [0.05, 0.1) is 24.5 Å². The van der Waals surface area contributed by atoms with Crippen LogP contribution in [-0.4, -0.2) is 31.8 Å². The van der Waals surface area contributed by atoms with Crippen LogP contribution in [-0.2, 0) is 4.74 Å². The molecule has 1 rings (SSSR count). The van der Waals surface area contributed by atoms with Gasteiger partial charge in [0.25, 0.3) is 0 Å². The number of hydrogen-bond acceptors (Lipinski definition) is 4. The Kier molecular flexibility index (Phi) is 3.71. The average Bonchev–Trinajstić information content (AvgIpc) is 2.18. The molecule has 1 aromatic heterocycles. The zero-order valence-electron chi connectivity index (χ0n) is 8.90. The predicted octanol–water partition coefficient (Wildman–Crippen LogP) is 1.13. The summed E-state index contributed by atoms with van der Waals surface area (Å²) in [7, 11) is 3.68. The number of likely N-dealkylation sites (N-methyl/N-ethyl adjacent to an activating group) is 1. The van der Waals surface area contributed by atoms with Crippen molar-refractivity contribution in [3.63, 3.8) is 0 Å². The Morgan fingerprint density at radius 3 is 2.79 bits per heavy atom. The smallest absolute Gasteiger partial charge is 0.128 e. The number of ether oxygens (including phenoxy) is 1. The predicted molar refractivity (Wildman–Crippen MR) is 58.4 cm³/mol. The van der Waals surface area contributed by atoms with Gasteiger partial charge in [-0.3, -0.25) is 0 Å². The lowest BCUT2D eigenvalue weighted by molar-refractivity contribution is 0.183. The number of nitrogen functional groups attached to an aromatic ring is 1. The lowest BCUT2D eigenvalue weighted by atomic mass is 10.3. The molecule has 0 aliphatic carbocycles. The molecule has 0 amide bonds. The van der Waals surface area contributed by atoms with E-state index in [4.69, 9.17) is 10.5 Å². The van der Waals surface area contributed by atoms with Crippen LogP contribution in [0.4, 0.5) is 11.5 Å². The van der Waals surface area contributed by atoms with Gasteiger partial charge in [-0.05, 0) is 19.1 Å². The molecule has 0 aliphatic heterocycles. The van der Waals surface area contributed by atoms with Crippen LogP contribution in [0.5, 0.6) is 0 Å². The fraction of sp³-hybridized carbons (Fsp3) is 0.500. The molecule has 0 fully saturated rings. The van der Waals surface area contributed by atoms with Crippen LogP contribution in [0.1, 0.15) is 6.92 Å². The minimum Gasteiger partial charge on any atom is -0.397 e. The van der Waals surface area contributed by atoms with E-state index in [0.29, 0.717) is 18.3 Å². The van der Waals surface area contributed by atoms with Crippen LogP contribution in [0, 0.1) is 0 Å². The fourth-order valence-electron chi connectivity index (χ4n) is 1.18. The van der Waals surface area contributed by atoms with Crippen molar-refractivity contribution < 1.29 is 4.74 Å². The highest BCUT2D eigenvalue weighted by Gasteiger charge is 2.09. The minimum atomic E-state index is 0.302. The number of pyridine rings is 1. The molecular formula is C10H17N3O. The summed E-state index contributed by atoms with van der Waals surface area (Å²) in [5.41, 5.74) is 6.24. The maximum Gasteiger partial charge on any atom is 0.128 e. The van der Waals surface area contributed by atoms with E-state index in [1.807, 2.05) is 19.2 Å². The third kappa shape index (κ3) is 2.60. The lowest BCUT2D eigenvalue weighted by Crippen LogP contribution is -2.33. The molecule has 1 heterocycles. The second kappa shape index (κ2) is 4.81. The summed E-state index contributed by atoms with van der Waals surface area (Å²) < 4.78 is 5.08. The van der Waals surface area contributed by atoms with Gasteiger partial charge in [-0.25, -0.2) is 4.98 Å². The highest BCUT2D eigenvalue weighted by atomic mass is 16.5. The van der Waals surface area contributed by atoms with Crippen molar-refractivity contribution in [2.75, 3.05) is 31.4 Å². The van der Waals surface area contributed by atoms with Crippen molar-refractivity contribution in [3.05, 3.63) is 18.3 Å². The molecule has 1 unspecified atom stereocenters. The van der Waals surface area contributed by atoms with Crippen molar-refractivity contribution in [3.8, 4) is 0 Å². The third-order valence-electron chi connectivity index (χ3n) is 2.20. The van der Waals surface area contributed by atoms with Crippen LogP contribution in [0.25, 0.3) is 0 Å². The number of hydrogen-bond donors (Lipinski definition) is 1. The van der Waals surface area contributed by atoms with Gasteiger partial charge in [0.15, 0.2) is 0 Å². The van der Waals surface area contributed by atoms with Crippen molar-refractivity contribution >= 4 is 11.5 Å². The van der Waals surface area contributed by atoms with E-state index in [-0.39, 0.29) is 0 Å². The molecule has 0 bridgehead atoms. The normalized spacial score (nSPS) is 12.5. The van der Waals surface area contributed by atoms with Crippen LogP contribution in [0.3, 0.4) is 0 Å². The Labute approximate surface area is 84.7 Å². The molecule has 1 atom stereocenters. The summed E-state index contributed by atoms with van der Waals surface area (Å²) in [5, 5.41) is 0. The van der Waals surface area contributed by atoms with Gasteiger partial charge >= 0.3 is 0 Å². The minimum absolute atomic E-state index is 0.302. The molecular weight excluding hydrogens is 178 g/mol. The average molecular weight is 195 g/mol. The maximum absolute atomic E-state index is 5.56. The van der Waals surface area contributed by atoms with Crippen molar-refractivity contribution in [2.24, 2.45) is 0 Å². The van der Waals surface area contributed by atoms with E-state index >= 15 is 0 Å². The molecule has 4 heteroatoms. The largest absolute Gasteiger partial charge is 0.397 e. The lowest BCUT2D eigenvalue weighted by Gasteiger charge is -2.25. The first-order valence-corrected chi connectivity index (χ1v) is 4.58. The highest BCUT2D eigenvalue weighted by molar-refractivity contribution is 5.45. The molecule has 2 N–H and O–H groups in total. The van der Waals surface area contributed by atoms with Gasteiger partial charge in [-0.1, -0.05) is 0 Å². The SMILES string of the molecule is COCC(C)N(C)c1ccc(N)cn1. The molecule has 14 heavy (non-hydrogen) atoms. The van der Waals surface area contributed by atoms with Crippen molar-refractivity contribution in [1.82, 2.24) is 4.98 Å². The molecule has 78 valence electrons. The highest BCUT2D eigenvalue weighted by Crippen LogP contribution is 2.13. The maximum atomic E-state index is 5.56. The second-order valence-corrected chi connectivity index (χ2v) is 3.36. The Bertz CT molecular complexity index is 273. The molecule has 0 spiro atoms. The zero-order chi connectivity index (χ0) is 10.6. The number of nitrogens with two attached hydrogens (primary N) is 1. The summed E-state index contributed by atoms with van der Waals surface area (Å²) in [6.07, 6.45) is 1.66. The topological polar surface area (TPSA) is 51.4 Å². The molecule has 0 radical (unpaired) electrons. The number of anilines is 2. The molecule has 4 nitrogen and oxygen atoms in total. The Hall–Kier alpha value is -1.29. The quantitative estimate of drug-likeness (QED) is 0.782. The Morgan fingerprint density at radius 1 is 1.57 bits per heavy atom. The van der Waals surface area contributed by atoms with E-state index in [2.05, 4.69) is 16.8 Å². The Morgan fingerprint density at radius 2 is 2.29 bits per heavy atom. The van der Waals surface area contributed by atoms with Gasteiger partial charge in [-0.15, -0.1) is 0 Å². The van der Waals surface area contributed by atoms with E-state index in [1.54, 1.807) is 13.3 Å². The van der Waals surface area contributed by atoms with Gasteiger partial charge in [0.1, 0.15) is 5.82 Å². The van der Waals surface area contributed by atoms with Crippen LogP contribution in [0.15, 0.2) is 18.3 Å². The van der Waals surface area contributed by atoms with Crippen molar-refractivity contribution in [1.29, 1.82) is 0 Å². The monoisotopic (exact) mass is 195 g/mol. The summed E-state index contributed by atoms with van der Waals surface area (Å²) in [6, 6.07) is 4.05. The molecule has 0 aromatic carbocycles. The van der Waals surface area contributed by atoms with Gasteiger partial charge in [-0.2, -0.15) is 0 Å². The van der Waals surface area contributed by atoms with Crippen LogP contribution < -0.4 is 10.6 Å². The standard InChI is InChI=1S/C10H17N3O/c1-8(7-14-3)13(2)10-5-4-9(11)6-12-10/h4-6,8H,7,11H2,1-3H3. The van der Waals surface area contributed by atoms with Crippen molar-refractivity contribution in [2.45, 2.75) is 13.0 Å². The van der Waals surface area contributed by atoms with E-state index in [9.17, 15) is 0 Å². The molecule has 1 aromatic rings.